The molecule has 228 valence electrons. The van der Waals surface area contributed by atoms with Crippen molar-refractivity contribution in [3.05, 3.63) is 102 Å². The molecule has 4 rings (SSSR count). The largest absolute Gasteiger partial charge is 0.394 e. The first-order chi connectivity index (χ1) is 20.7. The molecule has 0 radical (unpaired) electrons. The fraction of sp³-hybridized carbons (Fsp3) is 0.367. The van der Waals surface area contributed by atoms with Gasteiger partial charge in [-0.05, 0) is 42.0 Å². The van der Waals surface area contributed by atoms with Gasteiger partial charge in [0.1, 0.15) is 24.4 Å². The van der Waals surface area contributed by atoms with Crippen molar-refractivity contribution in [1.29, 1.82) is 0 Å². The van der Waals surface area contributed by atoms with Crippen LogP contribution in [0, 0.1) is 0 Å². The second-order valence-corrected chi connectivity index (χ2v) is 10.4. The number of rotatable bonds is 15. The Kier molecular flexibility index (Phi) is 11.4. The Morgan fingerprint density at radius 3 is 1.95 bits per heavy atom. The van der Waals surface area contributed by atoms with Gasteiger partial charge in [-0.15, -0.1) is 5.10 Å². The van der Waals surface area contributed by atoms with E-state index in [0.29, 0.717) is 19.6 Å². The number of aliphatic hydroxyl groups excluding tert-OH is 5. The Hall–Kier alpha value is -4.11. The summed E-state index contributed by atoms with van der Waals surface area (Å²) in [6.45, 7) is 0.711. The van der Waals surface area contributed by atoms with E-state index >= 15 is 0 Å². The van der Waals surface area contributed by atoms with Crippen LogP contribution in [-0.4, -0.2) is 111 Å². The first-order valence-corrected chi connectivity index (χ1v) is 13.8. The maximum absolute atomic E-state index is 12.7. The third-order valence-electron chi connectivity index (χ3n) is 6.92. The number of carbonyl (C=O) groups excluding carboxylic acids is 1. The molecule has 0 spiro atoms. The summed E-state index contributed by atoms with van der Waals surface area (Å²) in [4.78, 5) is 25.0. The van der Waals surface area contributed by atoms with Crippen LogP contribution in [0.2, 0.25) is 0 Å². The summed E-state index contributed by atoms with van der Waals surface area (Å²) in [5.74, 6) is -0.319. The minimum atomic E-state index is -1.75. The van der Waals surface area contributed by atoms with E-state index in [1.54, 1.807) is 29.2 Å². The normalized spacial score (nSPS) is 14.3. The molecule has 4 unspecified atom stereocenters. The van der Waals surface area contributed by atoms with Crippen LogP contribution >= 0.6 is 0 Å². The highest BCUT2D eigenvalue weighted by Gasteiger charge is 2.31. The number of aliphatic hydroxyl groups is 5. The van der Waals surface area contributed by atoms with Gasteiger partial charge in [0, 0.05) is 45.6 Å². The van der Waals surface area contributed by atoms with Crippen molar-refractivity contribution < 1.29 is 30.3 Å². The second-order valence-electron chi connectivity index (χ2n) is 10.4. The summed E-state index contributed by atoms with van der Waals surface area (Å²) < 4.78 is 1.66. The lowest BCUT2D eigenvalue weighted by molar-refractivity contribution is -0.137. The Morgan fingerprint density at radius 2 is 1.40 bits per heavy atom. The van der Waals surface area contributed by atoms with Crippen molar-refractivity contribution in [3.8, 4) is 5.69 Å². The quantitative estimate of drug-likeness (QED) is 0.122. The topological polar surface area (TPSA) is 181 Å². The highest BCUT2D eigenvalue weighted by atomic mass is 16.4. The zero-order valence-corrected chi connectivity index (χ0v) is 23.8. The lowest BCUT2D eigenvalue weighted by Gasteiger charge is -2.28. The average Bonchev–Trinajstić information content (AvgIpc) is 3.49. The second kappa shape index (κ2) is 15.4. The molecule has 13 heteroatoms. The van der Waals surface area contributed by atoms with Crippen molar-refractivity contribution in [1.82, 2.24) is 34.8 Å². The van der Waals surface area contributed by atoms with Gasteiger partial charge in [-0.3, -0.25) is 19.7 Å². The molecule has 4 aromatic rings. The number of benzene rings is 1. The molecular formula is C30H37N7O6. The SMILES string of the molecule is CN(CC(O)C(O)C(O)C(O)CO)C(=O)Cc1ccc(-n2cc(CN(Cc3ccccn3)Cc3ccccn3)nn2)cc1. The van der Waals surface area contributed by atoms with E-state index in [-0.39, 0.29) is 18.9 Å². The predicted molar refractivity (Wildman–Crippen MR) is 155 cm³/mol. The summed E-state index contributed by atoms with van der Waals surface area (Å²) in [5.41, 5.74) is 4.13. The van der Waals surface area contributed by atoms with Crippen molar-refractivity contribution in [2.45, 2.75) is 50.5 Å². The molecule has 0 aliphatic heterocycles. The first-order valence-electron chi connectivity index (χ1n) is 13.8. The van der Waals surface area contributed by atoms with Gasteiger partial charge in [0.2, 0.25) is 5.91 Å². The molecule has 3 heterocycles. The summed E-state index contributed by atoms with van der Waals surface area (Å²) in [6.07, 6.45) is -1.18. The smallest absolute Gasteiger partial charge is 0.226 e. The Labute approximate surface area is 249 Å². The van der Waals surface area contributed by atoms with Crippen LogP contribution in [0.3, 0.4) is 0 Å². The van der Waals surface area contributed by atoms with Crippen LogP contribution in [-0.2, 0) is 30.8 Å². The number of pyridine rings is 2. The molecule has 1 aromatic carbocycles. The molecule has 3 aromatic heterocycles. The van der Waals surface area contributed by atoms with Gasteiger partial charge in [0.15, 0.2) is 0 Å². The fourth-order valence-electron chi connectivity index (χ4n) is 4.47. The number of hydrogen-bond donors (Lipinski definition) is 5. The van der Waals surface area contributed by atoms with Crippen molar-refractivity contribution in [3.63, 3.8) is 0 Å². The minimum Gasteiger partial charge on any atom is -0.394 e. The van der Waals surface area contributed by atoms with Crippen LogP contribution in [0.4, 0.5) is 0 Å². The van der Waals surface area contributed by atoms with E-state index in [9.17, 15) is 25.2 Å². The number of carbonyl (C=O) groups is 1. The average molecular weight is 592 g/mol. The molecule has 0 aliphatic carbocycles. The maximum Gasteiger partial charge on any atom is 0.226 e. The van der Waals surface area contributed by atoms with Crippen LogP contribution in [0.1, 0.15) is 22.6 Å². The molecule has 4 atom stereocenters. The van der Waals surface area contributed by atoms with Crippen molar-refractivity contribution in [2.24, 2.45) is 0 Å². The van der Waals surface area contributed by atoms with Gasteiger partial charge in [-0.1, -0.05) is 29.5 Å². The molecule has 0 fully saturated rings. The summed E-state index contributed by atoms with van der Waals surface area (Å²) in [6, 6.07) is 18.9. The zero-order chi connectivity index (χ0) is 30.8. The Bertz CT molecular complexity index is 1370. The van der Waals surface area contributed by atoms with E-state index in [4.69, 9.17) is 5.11 Å². The van der Waals surface area contributed by atoms with E-state index in [0.717, 1.165) is 28.3 Å². The molecule has 5 N–H and O–H groups in total. The molecule has 1 amide bonds. The summed E-state index contributed by atoms with van der Waals surface area (Å²) in [7, 11) is 1.46. The van der Waals surface area contributed by atoms with E-state index in [2.05, 4.69) is 25.2 Å². The number of amides is 1. The van der Waals surface area contributed by atoms with Crippen molar-refractivity contribution in [2.75, 3.05) is 20.2 Å². The predicted octanol–water partition coefficient (Wildman–Crippen LogP) is -0.303. The minimum absolute atomic E-state index is 0.0417. The van der Waals surface area contributed by atoms with Crippen LogP contribution in [0.25, 0.3) is 5.69 Å². The lowest BCUT2D eigenvalue weighted by Crippen LogP contribution is -2.50. The Balaban J connectivity index is 1.35. The number of aromatic nitrogens is 5. The highest BCUT2D eigenvalue weighted by molar-refractivity contribution is 5.78. The number of nitrogens with zero attached hydrogens (tertiary/aromatic N) is 7. The van der Waals surface area contributed by atoms with Gasteiger partial charge in [-0.25, -0.2) is 4.68 Å². The zero-order valence-electron chi connectivity index (χ0n) is 23.8. The van der Waals surface area contributed by atoms with Crippen molar-refractivity contribution >= 4 is 5.91 Å². The molecule has 0 bridgehead atoms. The van der Waals surface area contributed by atoms with Gasteiger partial charge in [0.25, 0.3) is 0 Å². The Morgan fingerprint density at radius 1 is 0.814 bits per heavy atom. The lowest BCUT2D eigenvalue weighted by atomic mass is 10.0. The molecule has 13 nitrogen and oxygen atoms in total. The molecule has 0 aliphatic rings. The summed E-state index contributed by atoms with van der Waals surface area (Å²) in [5, 5.41) is 57.0. The van der Waals surface area contributed by atoms with Gasteiger partial charge < -0.3 is 30.4 Å². The van der Waals surface area contributed by atoms with Crippen LogP contribution < -0.4 is 0 Å². The monoisotopic (exact) mass is 591 g/mol. The van der Waals surface area contributed by atoms with E-state index < -0.39 is 31.0 Å². The molecule has 0 saturated carbocycles. The molecule has 0 saturated heterocycles. The van der Waals surface area contributed by atoms with E-state index in [1.165, 1.54) is 11.9 Å². The maximum atomic E-state index is 12.7. The van der Waals surface area contributed by atoms with Gasteiger partial charge in [-0.2, -0.15) is 0 Å². The number of hydrogen-bond acceptors (Lipinski definition) is 11. The molecular weight excluding hydrogens is 554 g/mol. The molecule has 43 heavy (non-hydrogen) atoms. The van der Waals surface area contributed by atoms with Crippen LogP contribution in [0.5, 0.6) is 0 Å². The standard InChI is InChI=1S/C30H37N7O6/c1-35(19-26(39)29(42)30(43)27(40)20-38)28(41)14-21-8-10-25(11-9-21)37-18-24(33-34-37)17-36(15-22-6-2-4-12-31-22)16-23-7-3-5-13-32-23/h2-13,18,26-27,29-30,38-40,42-43H,14-17,19-20H2,1H3. The van der Waals surface area contributed by atoms with E-state index in [1.807, 2.05) is 54.7 Å². The third-order valence-corrected chi connectivity index (χ3v) is 6.92. The first kappa shape index (κ1) is 31.8. The van der Waals surface area contributed by atoms with Gasteiger partial charge >= 0.3 is 0 Å². The summed E-state index contributed by atoms with van der Waals surface area (Å²) >= 11 is 0. The highest BCUT2D eigenvalue weighted by Crippen LogP contribution is 2.15. The van der Waals surface area contributed by atoms with Crippen LogP contribution in [0.15, 0.2) is 79.3 Å². The van der Waals surface area contributed by atoms with Gasteiger partial charge in [0.05, 0.1) is 42.0 Å². The fourth-order valence-corrected chi connectivity index (χ4v) is 4.47. The third kappa shape index (κ3) is 9.19. The number of likely N-dealkylation sites (N-methyl/N-ethyl adjacent to an activating group) is 1.